The standard InChI is InChI=1S/C24H18Cl2N4O3/c25-17-7-4-8-19(13-17)28-22(31)21-12-16-11-18(26)9-10-20(16)30(21)29-24(33)23(32)27-14-15-5-2-1-3-6-15/h1-13H,14H2,(H,27,32)(H,28,31)(H,29,33). The number of hydrogen-bond donors (Lipinski definition) is 3. The number of fused-ring (bicyclic) bond motifs is 1. The van der Waals surface area contributed by atoms with Crippen molar-refractivity contribution in [1.82, 2.24) is 9.99 Å². The number of carbonyl (C=O) groups excluding carboxylic acids is 3. The molecule has 0 aliphatic rings. The summed E-state index contributed by atoms with van der Waals surface area (Å²) in [4.78, 5) is 38.0. The molecule has 4 aromatic rings. The van der Waals surface area contributed by atoms with Crippen molar-refractivity contribution in [3.05, 3.63) is 100 Å². The van der Waals surface area contributed by atoms with Gasteiger partial charge >= 0.3 is 11.8 Å². The molecule has 7 nitrogen and oxygen atoms in total. The van der Waals surface area contributed by atoms with E-state index in [0.717, 1.165) is 5.56 Å². The lowest BCUT2D eigenvalue weighted by atomic mass is 10.2. The van der Waals surface area contributed by atoms with Gasteiger partial charge < -0.3 is 10.6 Å². The normalized spacial score (nSPS) is 10.6. The Kier molecular flexibility index (Phi) is 6.63. The Morgan fingerprint density at radius 1 is 0.788 bits per heavy atom. The van der Waals surface area contributed by atoms with E-state index in [2.05, 4.69) is 16.1 Å². The van der Waals surface area contributed by atoms with Crippen molar-refractivity contribution in [2.24, 2.45) is 0 Å². The molecule has 1 aromatic heterocycles. The first-order valence-electron chi connectivity index (χ1n) is 9.92. The molecule has 0 fully saturated rings. The minimum Gasteiger partial charge on any atom is -0.344 e. The first kappa shape index (κ1) is 22.4. The molecule has 9 heteroatoms. The second-order valence-corrected chi connectivity index (χ2v) is 8.01. The Morgan fingerprint density at radius 3 is 2.30 bits per heavy atom. The van der Waals surface area contributed by atoms with Crippen LogP contribution >= 0.6 is 23.2 Å². The second-order valence-electron chi connectivity index (χ2n) is 7.14. The number of nitrogens with zero attached hydrogens (tertiary/aromatic N) is 1. The predicted octanol–water partition coefficient (Wildman–Crippen LogP) is 4.59. The van der Waals surface area contributed by atoms with Gasteiger partial charge in [-0.05, 0) is 48.0 Å². The van der Waals surface area contributed by atoms with E-state index in [1.54, 1.807) is 48.5 Å². The van der Waals surface area contributed by atoms with Gasteiger partial charge in [0.1, 0.15) is 5.69 Å². The van der Waals surface area contributed by atoms with E-state index in [4.69, 9.17) is 23.2 Å². The van der Waals surface area contributed by atoms with Crippen LogP contribution in [0.4, 0.5) is 5.69 Å². The van der Waals surface area contributed by atoms with Gasteiger partial charge in [-0.25, -0.2) is 4.68 Å². The molecule has 0 unspecified atom stereocenters. The summed E-state index contributed by atoms with van der Waals surface area (Å²) in [5, 5.41) is 6.84. The molecule has 0 saturated heterocycles. The lowest BCUT2D eigenvalue weighted by Crippen LogP contribution is -2.39. The fourth-order valence-electron chi connectivity index (χ4n) is 3.25. The van der Waals surface area contributed by atoms with Crippen LogP contribution in [0, 0.1) is 0 Å². The number of nitrogens with one attached hydrogen (secondary N) is 3. The molecular formula is C24H18Cl2N4O3. The minimum absolute atomic E-state index is 0.108. The monoisotopic (exact) mass is 480 g/mol. The van der Waals surface area contributed by atoms with Gasteiger partial charge in [0.15, 0.2) is 0 Å². The molecule has 0 spiro atoms. The lowest BCUT2D eigenvalue weighted by molar-refractivity contribution is -0.136. The van der Waals surface area contributed by atoms with E-state index in [9.17, 15) is 14.4 Å². The summed E-state index contributed by atoms with van der Waals surface area (Å²) < 4.78 is 1.26. The van der Waals surface area contributed by atoms with Crippen LogP contribution in [0.25, 0.3) is 10.9 Å². The number of benzene rings is 3. The molecule has 0 atom stereocenters. The van der Waals surface area contributed by atoms with Gasteiger partial charge in [-0.1, -0.05) is 59.6 Å². The van der Waals surface area contributed by atoms with Crippen LogP contribution in [0.3, 0.4) is 0 Å². The van der Waals surface area contributed by atoms with Crippen molar-refractivity contribution >= 4 is 57.5 Å². The average molecular weight is 481 g/mol. The first-order chi connectivity index (χ1) is 15.9. The Labute approximate surface area is 199 Å². The molecule has 4 rings (SSSR count). The second kappa shape index (κ2) is 9.77. The van der Waals surface area contributed by atoms with Crippen LogP contribution in [0.5, 0.6) is 0 Å². The Hall–Kier alpha value is -3.81. The summed E-state index contributed by atoms with van der Waals surface area (Å²) in [6.45, 7) is 0.192. The number of aromatic nitrogens is 1. The molecule has 166 valence electrons. The summed E-state index contributed by atoms with van der Waals surface area (Å²) in [6, 6.07) is 22.4. The van der Waals surface area contributed by atoms with Crippen LogP contribution in [0.1, 0.15) is 16.1 Å². The molecule has 0 aliphatic heterocycles. The maximum Gasteiger partial charge on any atom is 0.328 e. The fraction of sp³-hybridized carbons (Fsp3) is 0.0417. The van der Waals surface area contributed by atoms with Crippen molar-refractivity contribution in [2.75, 3.05) is 10.7 Å². The third kappa shape index (κ3) is 5.34. The summed E-state index contributed by atoms with van der Waals surface area (Å²) in [5.74, 6) is -2.26. The van der Waals surface area contributed by atoms with Gasteiger partial charge in [0.2, 0.25) is 0 Å². The van der Waals surface area contributed by atoms with Crippen molar-refractivity contribution < 1.29 is 14.4 Å². The highest BCUT2D eigenvalue weighted by atomic mass is 35.5. The van der Waals surface area contributed by atoms with Crippen molar-refractivity contribution in [3.8, 4) is 0 Å². The summed E-state index contributed by atoms with van der Waals surface area (Å²) in [6.07, 6.45) is 0. The molecular weight excluding hydrogens is 463 g/mol. The molecule has 0 aliphatic carbocycles. The van der Waals surface area contributed by atoms with E-state index in [1.807, 2.05) is 30.3 Å². The van der Waals surface area contributed by atoms with Crippen molar-refractivity contribution in [2.45, 2.75) is 6.54 Å². The zero-order valence-corrected chi connectivity index (χ0v) is 18.7. The molecule has 1 heterocycles. The number of amides is 3. The summed E-state index contributed by atoms with van der Waals surface area (Å²) in [5.41, 5.74) is 4.44. The van der Waals surface area contributed by atoms with E-state index < -0.39 is 17.7 Å². The maximum atomic E-state index is 13.0. The van der Waals surface area contributed by atoms with Crippen LogP contribution in [0.2, 0.25) is 10.0 Å². The molecule has 0 radical (unpaired) electrons. The first-order valence-corrected chi connectivity index (χ1v) is 10.7. The fourth-order valence-corrected chi connectivity index (χ4v) is 3.62. The van der Waals surface area contributed by atoms with E-state index in [1.165, 1.54) is 4.68 Å². The quantitative estimate of drug-likeness (QED) is 0.364. The number of carbonyl (C=O) groups is 3. The van der Waals surface area contributed by atoms with Gasteiger partial charge in [-0.2, -0.15) is 0 Å². The molecule has 0 saturated carbocycles. The predicted molar refractivity (Wildman–Crippen MR) is 129 cm³/mol. The van der Waals surface area contributed by atoms with Crippen LogP contribution in [-0.4, -0.2) is 22.4 Å². The van der Waals surface area contributed by atoms with Gasteiger partial charge in [-0.3, -0.25) is 19.8 Å². The smallest absolute Gasteiger partial charge is 0.328 e. The Morgan fingerprint density at radius 2 is 1.55 bits per heavy atom. The highest BCUT2D eigenvalue weighted by molar-refractivity contribution is 6.38. The van der Waals surface area contributed by atoms with Gasteiger partial charge in [-0.15, -0.1) is 0 Å². The third-order valence-electron chi connectivity index (χ3n) is 4.79. The number of halogens is 2. The van der Waals surface area contributed by atoms with Crippen LogP contribution in [0.15, 0.2) is 78.9 Å². The van der Waals surface area contributed by atoms with Crippen LogP contribution < -0.4 is 16.1 Å². The van der Waals surface area contributed by atoms with Crippen LogP contribution in [-0.2, 0) is 16.1 Å². The maximum absolute atomic E-state index is 13.0. The molecule has 3 N–H and O–H groups in total. The average Bonchev–Trinajstić information content (AvgIpc) is 3.15. The van der Waals surface area contributed by atoms with Gasteiger partial charge in [0, 0.05) is 27.7 Å². The number of anilines is 1. The molecule has 3 aromatic carbocycles. The summed E-state index contributed by atoms with van der Waals surface area (Å²) >= 11 is 12.1. The zero-order chi connectivity index (χ0) is 23.4. The van der Waals surface area contributed by atoms with Gasteiger partial charge in [0.25, 0.3) is 5.91 Å². The highest BCUT2D eigenvalue weighted by Crippen LogP contribution is 2.24. The largest absolute Gasteiger partial charge is 0.344 e. The Balaban J connectivity index is 1.58. The zero-order valence-electron chi connectivity index (χ0n) is 17.1. The topological polar surface area (TPSA) is 92.2 Å². The number of hydrogen-bond acceptors (Lipinski definition) is 3. The minimum atomic E-state index is -0.921. The SMILES string of the molecule is O=C(NCc1ccccc1)C(=O)Nn1c(C(=O)Nc2cccc(Cl)c2)cc2cc(Cl)ccc21. The number of rotatable bonds is 5. The highest BCUT2D eigenvalue weighted by Gasteiger charge is 2.21. The molecule has 0 bridgehead atoms. The van der Waals surface area contributed by atoms with Crippen molar-refractivity contribution in [1.29, 1.82) is 0 Å². The van der Waals surface area contributed by atoms with E-state index in [-0.39, 0.29) is 12.2 Å². The van der Waals surface area contributed by atoms with E-state index >= 15 is 0 Å². The molecule has 33 heavy (non-hydrogen) atoms. The van der Waals surface area contributed by atoms with Crippen molar-refractivity contribution in [3.63, 3.8) is 0 Å². The third-order valence-corrected chi connectivity index (χ3v) is 5.26. The van der Waals surface area contributed by atoms with E-state index in [0.29, 0.717) is 26.6 Å². The van der Waals surface area contributed by atoms with Gasteiger partial charge in [0.05, 0.1) is 5.52 Å². The summed E-state index contributed by atoms with van der Waals surface area (Å²) in [7, 11) is 0. The lowest BCUT2D eigenvalue weighted by Gasteiger charge is -2.13. The Bertz CT molecular complexity index is 1350. The molecule has 3 amide bonds.